The second kappa shape index (κ2) is 6.68. The van der Waals surface area contributed by atoms with Crippen LogP contribution in [0.2, 0.25) is 0 Å². The molecule has 0 spiro atoms. The molecule has 0 saturated carbocycles. The third kappa shape index (κ3) is 3.55. The number of unbranched alkanes of at least 4 members (excludes halogenated alkanes) is 2. The molecule has 0 fully saturated rings. The summed E-state index contributed by atoms with van der Waals surface area (Å²) in [6.07, 6.45) is 3.54. The summed E-state index contributed by atoms with van der Waals surface area (Å²) in [4.78, 5) is 2.34. The minimum absolute atomic E-state index is 0.800. The van der Waals surface area contributed by atoms with E-state index in [1.54, 1.807) is 0 Å². The summed E-state index contributed by atoms with van der Waals surface area (Å²) in [5.74, 6) is 0. The number of hydrogen-bond acceptors (Lipinski definition) is 3. The molecular formula is C15H24N4. The molecule has 104 valence electrons. The highest BCUT2D eigenvalue weighted by Gasteiger charge is 2.09. The Morgan fingerprint density at radius 3 is 2.79 bits per heavy atom. The molecule has 0 amide bonds. The molecule has 0 bridgehead atoms. The van der Waals surface area contributed by atoms with E-state index in [0.717, 1.165) is 26.1 Å². The zero-order valence-corrected chi connectivity index (χ0v) is 12.0. The van der Waals surface area contributed by atoms with Gasteiger partial charge >= 0.3 is 0 Å². The van der Waals surface area contributed by atoms with Gasteiger partial charge in [-0.3, -0.25) is 4.68 Å². The smallest absolute Gasteiger partial charge is 0.0843 e. The molecule has 0 radical (unpaired) electrons. The summed E-state index contributed by atoms with van der Waals surface area (Å²) in [6.45, 7) is 2.81. The van der Waals surface area contributed by atoms with Gasteiger partial charge in [0.1, 0.15) is 0 Å². The largest absolute Gasteiger partial charge is 0.330 e. The summed E-state index contributed by atoms with van der Waals surface area (Å²) in [5.41, 5.74) is 7.88. The number of hydrogen-bond donors (Lipinski definition) is 1. The van der Waals surface area contributed by atoms with E-state index in [4.69, 9.17) is 5.73 Å². The van der Waals surface area contributed by atoms with Gasteiger partial charge in [0, 0.05) is 19.0 Å². The van der Waals surface area contributed by atoms with Gasteiger partial charge in [-0.2, -0.15) is 5.10 Å². The lowest BCUT2D eigenvalue weighted by atomic mass is 10.2. The lowest BCUT2D eigenvalue weighted by Gasteiger charge is -2.15. The van der Waals surface area contributed by atoms with Crippen molar-refractivity contribution in [1.82, 2.24) is 14.7 Å². The van der Waals surface area contributed by atoms with E-state index >= 15 is 0 Å². The predicted octanol–water partition coefficient (Wildman–Crippen LogP) is 2.13. The second-order valence-corrected chi connectivity index (χ2v) is 5.17. The predicted molar refractivity (Wildman–Crippen MR) is 80.0 cm³/mol. The lowest BCUT2D eigenvalue weighted by molar-refractivity contribution is 0.314. The molecule has 0 aliphatic rings. The van der Waals surface area contributed by atoms with Gasteiger partial charge in [0.2, 0.25) is 0 Å². The molecule has 4 nitrogen and oxygen atoms in total. The zero-order valence-electron chi connectivity index (χ0n) is 12.0. The maximum absolute atomic E-state index is 5.51. The van der Waals surface area contributed by atoms with Crippen molar-refractivity contribution >= 4 is 10.9 Å². The Morgan fingerprint density at radius 1 is 1.21 bits per heavy atom. The number of nitrogens with two attached hydrogens (primary N) is 1. The van der Waals surface area contributed by atoms with Crippen LogP contribution in [0.1, 0.15) is 25.0 Å². The van der Waals surface area contributed by atoms with Crippen LogP contribution >= 0.6 is 0 Å². The van der Waals surface area contributed by atoms with Gasteiger partial charge in [-0.05, 0) is 39.0 Å². The van der Waals surface area contributed by atoms with Crippen molar-refractivity contribution in [2.24, 2.45) is 12.8 Å². The Hall–Kier alpha value is -1.39. The fourth-order valence-electron chi connectivity index (χ4n) is 2.44. The van der Waals surface area contributed by atoms with Crippen LogP contribution in [-0.4, -0.2) is 34.8 Å². The first-order chi connectivity index (χ1) is 9.22. The Bertz CT molecular complexity index is 518. The van der Waals surface area contributed by atoms with Gasteiger partial charge in [0.25, 0.3) is 0 Å². The highest BCUT2D eigenvalue weighted by atomic mass is 15.3. The van der Waals surface area contributed by atoms with Crippen molar-refractivity contribution < 1.29 is 0 Å². The van der Waals surface area contributed by atoms with Gasteiger partial charge in [0.05, 0.1) is 11.2 Å². The van der Waals surface area contributed by atoms with E-state index in [1.165, 1.54) is 29.4 Å². The number of benzene rings is 1. The van der Waals surface area contributed by atoms with Crippen LogP contribution in [0.15, 0.2) is 24.3 Å². The number of rotatable bonds is 7. The molecule has 0 saturated heterocycles. The van der Waals surface area contributed by atoms with E-state index < -0.39 is 0 Å². The number of nitrogens with zero attached hydrogens (tertiary/aromatic N) is 3. The number of aryl methyl sites for hydroxylation is 1. The normalized spacial score (nSPS) is 11.6. The van der Waals surface area contributed by atoms with E-state index in [0.29, 0.717) is 0 Å². The van der Waals surface area contributed by atoms with Gasteiger partial charge in [-0.25, -0.2) is 0 Å². The summed E-state index contributed by atoms with van der Waals surface area (Å²) in [7, 11) is 4.17. The Balaban J connectivity index is 1.97. The van der Waals surface area contributed by atoms with Gasteiger partial charge < -0.3 is 10.6 Å². The second-order valence-electron chi connectivity index (χ2n) is 5.17. The summed E-state index contributed by atoms with van der Waals surface area (Å²) < 4.78 is 1.97. The van der Waals surface area contributed by atoms with Crippen molar-refractivity contribution in [2.75, 3.05) is 20.1 Å². The standard InChI is InChI=1S/C15H24N4/c1-18(11-7-3-6-10-16)12-14-13-8-4-5-9-15(13)19(2)17-14/h4-5,8-9H,3,6-7,10-12,16H2,1-2H3. The molecule has 4 heteroatoms. The van der Waals surface area contributed by atoms with Crippen molar-refractivity contribution in [1.29, 1.82) is 0 Å². The van der Waals surface area contributed by atoms with Crippen molar-refractivity contribution in [3.8, 4) is 0 Å². The monoisotopic (exact) mass is 260 g/mol. The zero-order chi connectivity index (χ0) is 13.7. The Labute approximate surface area is 115 Å². The molecule has 2 N–H and O–H groups in total. The van der Waals surface area contributed by atoms with Crippen LogP contribution < -0.4 is 5.73 Å². The molecule has 1 heterocycles. The average Bonchev–Trinajstić information content (AvgIpc) is 2.72. The Kier molecular flexibility index (Phi) is 4.93. The van der Waals surface area contributed by atoms with E-state index in [-0.39, 0.29) is 0 Å². The topological polar surface area (TPSA) is 47.1 Å². The summed E-state index contributed by atoms with van der Waals surface area (Å²) >= 11 is 0. The maximum atomic E-state index is 5.51. The van der Waals surface area contributed by atoms with E-state index in [1.807, 2.05) is 11.7 Å². The third-order valence-electron chi connectivity index (χ3n) is 3.50. The van der Waals surface area contributed by atoms with Crippen LogP contribution in [-0.2, 0) is 13.6 Å². The number of aromatic nitrogens is 2. The molecule has 0 aliphatic heterocycles. The molecule has 2 aromatic rings. The minimum Gasteiger partial charge on any atom is -0.330 e. The van der Waals surface area contributed by atoms with Crippen LogP contribution in [0.4, 0.5) is 0 Å². The van der Waals surface area contributed by atoms with Crippen molar-refractivity contribution in [3.63, 3.8) is 0 Å². The highest BCUT2D eigenvalue weighted by Crippen LogP contribution is 2.18. The molecule has 1 aromatic carbocycles. The molecule has 1 aromatic heterocycles. The lowest BCUT2D eigenvalue weighted by Crippen LogP contribution is -2.19. The summed E-state index contributed by atoms with van der Waals surface area (Å²) in [5, 5.41) is 5.89. The molecule has 19 heavy (non-hydrogen) atoms. The average molecular weight is 260 g/mol. The van der Waals surface area contributed by atoms with Gasteiger partial charge in [-0.1, -0.05) is 24.6 Å². The Morgan fingerprint density at radius 2 is 2.00 bits per heavy atom. The fraction of sp³-hybridized carbons (Fsp3) is 0.533. The molecule has 2 rings (SSSR count). The van der Waals surface area contributed by atoms with E-state index in [9.17, 15) is 0 Å². The first kappa shape index (κ1) is 14.0. The SMILES string of the molecule is CN(CCCCCN)Cc1nn(C)c2ccccc12. The van der Waals surface area contributed by atoms with Gasteiger partial charge in [-0.15, -0.1) is 0 Å². The van der Waals surface area contributed by atoms with Crippen LogP contribution in [0.25, 0.3) is 10.9 Å². The quantitative estimate of drug-likeness (QED) is 0.776. The van der Waals surface area contributed by atoms with E-state index in [2.05, 4.69) is 41.3 Å². The first-order valence-corrected chi connectivity index (χ1v) is 7.01. The molecule has 0 aliphatic carbocycles. The molecule has 0 atom stereocenters. The molecule has 0 unspecified atom stereocenters. The number of para-hydroxylation sites is 1. The first-order valence-electron chi connectivity index (χ1n) is 7.01. The number of fused-ring (bicyclic) bond motifs is 1. The minimum atomic E-state index is 0.800. The highest BCUT2D eigenvalue weighted by molar-refractivity contribution is 5.81. The van der Waals surface area contributed by atoms with Crippen molar-refractivity contribution in [2.45, 2.75) is 25.8 Å². The van der Waals surface area contributed by atoms with Crippen LogP contribution in [0.5, 0.6) is 0 Å². The van der Waals surface area contributed by atoms with Crippen molar-refractivity contribution in [3.05, 3.63) is 30.0 Å². The van der Waals surface area contributed by atoms with Gasteiger partial charge in [0.15, 0.2) is 0 Å². The van der Waals surface area contributed by atoms with Crippen LogP contribution in [0.3, 0.4) is 0 Å². The van der Waals surface area contributed by atoms with Crippen LogP contribution in [0, 0.1) is 0 Å². The fourth-order valence-corrected chi connectivity index (χ4v) is 2.44. The third-order valence-corrected chi connectivity index (χ3v) is 3.50. The maximum Gasteiger partial charge on any atom is 0.0843 e. The summed E-state index contributed by atoms with van der Waals surface area (Å²) in [6, 6.07) is 8.41. The molecular weight excluding hydrogens is 236 g/mol.